The molecule has 0 spiro atoms. The molecular weight excluding hydrogens is 296 g/mol. The fourth-order valence-corrected chi connectivity index (χ4v) is 2.03. The molecule has 0 bridgehead atoms. The van der Waals surface area contributed by atoms with Crippen LogP contribution in [0.15, 0.2) is 30.6 Å². The second-order valence-electron chi connectivity index (χ2n) is 4.22. The molecule has 7 nitrogen and oxygen atoms in total. The lowest BCUT2D eigenvalue weighted by molar-refractivity contribution is 0.0694. The van der Waals surface area contributed by atoms with Gasteiger partial charge in [0.1, 0.15) is 17.1 Å². The zero-order valence-corrected chi connectivity index (χ0v) is 11.6. The van der Waals surface area contributed by atoms with E-state index in [0.29, 0.717) is 16.5 Å². The van der Waals surface area contributed by atoms with Crippen LogP contribution in [0.5, 0.6) is 11.6 Å². The maximum atomic E-state index is 11.2. The number of rotatable bonds is 3. The van der Waals surface area contributed by atoms with Crippen molar-refractivity contribution in [2.75, 3.05) is 0 Å². The topological polar surface area (TPSA) is 89.6 Å². The van der Waals surface area contributed by atoms with Gasteiger partial charge in [0, 0.05) is 17.4 Å². The Morgan fingerprint density at radius 1 is 1.38 bits per heavy atom. The number of aryl methyl sites for hydroxylation is 1. The average molecular weight is 305 g/mol. The summed E-state index contributed by atoms with van der Waals surface area (Å²) in [4.78, 5) is 15.3. The van der Waals surface area contributed by atoms with Crippen LogP contribution < -0.4 is 4.74 Å². The number of aromatic carboxylic acids is 1. The Morgan fingerprint density at radius 2 is 2.19 bits per heavy atom. The quantitative estimate of drug-likeness (QED) is 0.800. The third kappa shape index (κ3) is 2.38. The molecule has 1 N–H and O–H groups in total. The van der Waals surface area contributed by atoms with Gasteiger partial charge in [-0.3, -0.25) is 4.40 Å². The lowest BCUT2D eigenvalue weighted by Gasteiger charge is -2.08. The Hall–Kier alpha value is -2.67. The highest BCUT2D eigenvalue weighted by molar-refractivity contribution is 6.31. The van der Waals surface area contributed by atoms with Gasteiger partial charge >= 0.3 is 5.97 Å². The van der Waals surface area contributed by atoms with Gasteiger partial charge in [-0.05, 0) is 25.1 Å². The van der Waals surface area contributed by atoms with Crippen molar-refractivity contribution in [3.05, 3.63) is 47.0 Å². The molecule has 0 unspecified atom stereocenters. The van der Waals surface area contributed by atoms with Crippen LogP contribution in [-0.2, 0) is 0 Å². The minimum absolute atomic E-state index is 0.0532. The van der Waals surface area contributed by atoms with Crippen LogP contribution in [0, 0.1) is 6.92 Å². The minimum Gasteiger partial charge on any atom is -0.478 e. The molecule has 2 aromatic heterocycles. The van der Waals surface area contributed by atoms with Crippen LogP contribution in [0.2, 0.25) is 5.02 Å². The highest BCUT2D eigenvalue weighted by atomic mass is 35.5. The van der Waals surface area contributed by atoms with E-state index in [0.717, 1.165) is 0 Å². The average Bonchev–Trinajstić information content (AvgIpc) is 2.83. The van der Waals surface area contributed by atoms with Crippen LogP contribution in [-0.4, -0.2) is 30.7 Å². The van der Waals surface area contributed by atoms with Gasteiger partial charge in [0.05, 0.1) is 0 Å². The number of ether oxygens (including phenoxy) is 1. The van der Waals surface area contributed by atoms with E-state index in [1.807, 2.05) is 0 Å². The standard InChI is InChI=1S/C13H9ClN4O3/c1-7-16-17-11-12(15-4-5-18(7)11)21-10-3-2-8(14)6-9(10)13(19)20/h2-6H,1H3,(H,19,20). The maximum absolute atomic E-state index is 11.2. The smallest absolute Gasteiger partial charge is 0.339 e. The van der Waals surface area contributed by atoms with E-state index in [2.05, 4.69) is 15.2 Å². The number of carboxylic acid groups (broad SMARTS) is 1. The highest BCUT2D eigenvalue weighted by Gasteiger charge is 2.16. The SMILES string of the molecule is Cc1nnc2c(Oc3ccc(Cl)cc3C(=O)O)nccn12. The minimum atomic E-state index is -1.14. The van der Waals surface area contributed by atoms with Crippen LogP contribution in [0.4, 0.5) is 0 Å². The molecule has 0 saturated heterocycles. The maximum Gasteiger partial charge on any atom is 0.339 e. The first kappa shape index (κ1) is 13.3. The molecule has 3 aromatic rings. The number of carboxylic acids is 1. The van der Waals surface area contributed by atoms with E-state index >= 15 is 0 Å². The van der Waals surface area contributed by atoms with Crippen molar-refractivity contribution in [2.45, 2.75) is 6.92 Å². The predicted octanol–water partition coefficient (Wildman–Crippen LogP) is 2.58. The van der Waals surface area contributed by atoms with Gasteiger partial charge in [0.25, 0.3) is 5.88 Å². The third-order valence-corrected chi connectivity index (χ3v) is 3.08. The van der Waals surface area contributed by atoms with Gasteiger partial charge in [-0.25, -0.2) is 9.78 Å². The van der Waals surface area contributed by atoms with Crippen molar-refractivity contribution < 1.29 is 14.6 Å². The molecule has 0 atom stereocenters. The van der Waals surface area contributed by atoms with E-state index in [1.54, 1.807) is 23.6 Å². The molecule has 0 radical (unpaired) electrons. The summed E-state index contributed by atoms with van der Waals surface area (Å²) in [5, 5.41) is 17.4. The molecule has 0 fully saturated rings. The Morgan fingerprint density at radius 3 is 2.95 bits per heavy atom. The Labute approximate surface area is 123 Å². The lowest BCUT2D eigenvalue weighted by atomic mass is 10.2. The zero-order chi connectivity index (χ0) is 15.0. The van der Waals surface area contributed by atoms with Crippen molar-refractivity contribution in [1.29, 1.82) is 0 Å². The van der Waals surface area contributed by atoms with Crippen molar-refractivity contribution >= 4 is 23.2 Å². The van der Waals surface area contributed by atoms with Gasteiger partial charge in [0.15, 0.2) is 0 Å². The van der Waals surface area contributed by atoms with E-state index < -0.39 is 5.97 Å². The molecule has 3 rings (SSSR count). The normalized spacial score (nSPS) is 10.8. The molecule has 0 aliphatic carbocycles. The Balaban J connectivity index is 2.09. The van der Waals surface area contributed by atoms with Gasteiger partial charge in [-0.2, -0.15) is 0 Å². The second-order valence-corrected chi connectivity index (χ2v) is 4.66. The molecular formula is C13H9ClN4O3. The molecule has 21 heavy (non-hydrogen) atoms. The summed E-state index contributed by atoms with van der Waals surface area (Å²) in [6, 6.07) is 4.33. The Kier molecular flexibility index (Phi) is 3.19. The van der Waals surface area contributed by atoms with Crippen LogP contribution in [0.25, 0.3) is 5.65 Å². The number of aromatic nitrogens is 4. The monoisotopic (exact) mass is 304 g/mol. The van der Waals surface area contributed by atoms with E-state index in [9.17, 15) is 9.90 Å². The van der Waals surface area contributed by atoms with E-state index in [1.165, 1.54) is 18.3 Å². The first-order valence-corrected chi connectivity index (χ1v) is 6.31. The van der Waals surface area contributed by atoms with Crippen molar-refractivity contribution in [3.8, 4) is 11.6 Å². The van der Waals surface area contributed by atoms with Gasteiger partial charge < -0.3 is 9.84 Å². The molecule has 0 saturated carbocycles. The number of fused-ring (bicyclic) bond motifs is 1. The number of benzene rings is 1. The number of hydrogen-bond acceptors (Lipinski definition) is 5. The van der Waals surface area contributed by atoms with Gasteiger partial charge in [-0.1, -0.05) is 11.6 Å². The lowest BCUT2D eigenvalue weighted by Crippen LogP contribution is -2.02. The van der Waals surface area contributed by atoms with Crippen molar-refractivity contribution in [2.24, 2.45) is 0 Å². The molecule has 8 heteroatoms. The molecule has 2 heterocycles. The summed E-state index contributed by atoms with van der Waals surface area (Å²) < 4.78 is 7.27. The summed E-state index contributed by atoms with van der Waals surface area (Å²) in [6.07, 6.45) is 3.21. The van der Waals surface area contributed by atoms with Crippen LogP contribution >= 0.6 is 11.6 Å². The van der Waals surface area contributed by atoms with Crippen molar-refractivity contribution in [3.63, 3.8) is 0 Å². The summed E-state index contributed by atoms with van der Waals surface area (Å²) in [5.41, 5.74) is 0.351. The number of nitrogens with zero attached hydrogens (tertiary/aromatic N) is 4. The number of halogens is 1. The zero-order valence-electron chi connectivity index (χ0n) is 10.8. The third-order valence-electron chi connectivity index (χ3n) is 2.84. The molecule has 0 aliphatic heterocycles. The van der Waals surface area contributed by atoms with E-state index in [4.69, 9.17) is 16.3 Å². The highest BCUT2D eigenvalue weighted by Crippen LogP contribution is 2.28. The summed E-state index contributed by atoms with van der Waals surface area (Å²) in [7, 11) is 0. The largest absolute Gasteiger partial charge is 0.478 e. The van der Waals surface area contributed by atoms with E-state index in [-0.39, 0.29) is 17.2 Å². The predicted molar refractivity (Wildman–Crippen MR) is 74.0 cm³/mol. The second kappa shape index (κ2) is 5.02. The fourth-order valence-electron chi connectivity index (χ4n) is 1.85. The summed E-state index contributed by atoms with van der Waals surface area (Å²) >= 11 is 5.80. The molecule has 1 aromatic carbocycles. The fraction of sp³-hybridized carbons (Fsp3) is 0.0769. The molecule has 0 amide bonds. The summed E-state index contributed by atoms with van der Waals surface area (Å²) in [6.45, 7) is 1.79. The van der Waals surface area contributed by atoms with Crippen molar-refractivity contribution in [1.82, 2.24) is 19.6 Å². The molecule has 0 aliphatic rings. The van der Waals surface area contributed by atoms with Crippen LogP contribution in [0.3, 0.4) is 0 Å². The number of hydrogen-bond donors (Lipinski definition) is 1. The first-order chi connectivity index (χ1) is 10.1. The van der Waals surface area contributed by atoms with Gasteiger partial charge in [-0.15, -0.1) is 10.2 Å². The summed E-state index contributed by atoms with van der Waals surface area (Å²) in [5.74, 6) is -0.167. The van der Waals surface area contributed by atoms with Crippen LogP contribution in [0.1, 0.15) is 16.2 Å². The Bertz CT molecular complexity index is 847. The molecule has 106 valence electrons. The van der Waals surface area contributed by atoms with Gasteiger partial charge in [0.2, 0.25) is 5.65 Å². The first-order valence-electron chi connectivity index (χ1n) is 5.93. The number of carbonyl (C=O) groups is 1.